The highest BCUT2D eigenvalue weighted by atomic mass is 16.3. The van der Waals surface area contributed by atoms with Gasteiger partial charge in [-0.05, 0) is 32.0 Å². The summed E-state index contributed by atoms with van der Waals surface area (Å²) in [6.45, 7) is 10.5. The third-order valence-electron chi connectivity index (χ3n) is 3.07. The first-order chi connectivity index (χ1) is 7.84. The topological polar surface area (TPSA) is 23.5 Å². The van der Waals surface area contributed by atoms with E-state index in [1.165, 1.54) is 16.7 Å². The molecule has 0 amide bonds. The Balaban J connectivity index is 2.68. The van der Waals surface area contributed by atoms with Gasteiger partial charge >= 0.3 is 0 Å². The summed E-state index contributed by atoms with van der Waals surface area (Å²) in [5.41, 5.74) is 3.98. The van der Waals surface area contributed by atoms with Crippen molar-refractivity contribution in [2.45, 2.75) is 34.2 Å². The zero-order valence-electron chi connectivity index (χ0n) is 11.7. The van der Waals surface area contributed by atoms with Gasteiger partial charge < -0.3 is 10.0 Å². The highest BCUT2D eigenvalue weighted by Gasteiger charge is 2.19. The van der Waals surface area contributed by atoms with E-state index in [1.54, 1.807) is 0 Å². The van der Waals surface area contributed by atoms with Crippen LogP contribution >= 0.6 is 0 Å². The number of benzene rings is 1. The summed E-state index contributed by atoms with van der Waals surface area (Å²) in [5.74, 6) is 0. The van der Waals surface area contributed by atoms with E-state index in [-0.39, 0.29) is 12.0 Å². The Morgan fingerprint density at radius 3 is 2.47 bits per heavy atom. The van der Waals surface area contributed by atoms with E-state index in [2.05, 4.69) is 57.8 Å². The first-order valence-corrected chi connectivity index (χ1v) is 6.19. The summed E-state index contributed by atoms with van der Waals surface area (Å²) in [5, 5.41) is 9.28. The molecule has 0 atom stereocenters. The molecule has 0 saturated heterocycles. The molecule has 0 heterocycles. The number of hydrogen-bond donors (Lipinski definition) is 1. The predicted molar refractivity (Wildman–Crippen MR) is 73.1 cm³/mol. The van der Waals surface area contributed by atoms with Gasteiger partial charge in [-0.2, -0.15) is 0 Å². The summed E-state index contributed by atoms with van der Waals surface area (Å²) >= 11 is 0. The van der Waals surface area contributed by atoms with Crippen molar-refractivity contribution in [3.63, 3.8) is 0 Å². The molecule has 0 spiro atoms. The first kappa shape index (κ1) is 14.2. The van der Waals surface area contributed by atoms with Gasteiger partial charge in [0, 0.05) is 25.1 Å². The highest BCUT2D eigenvalue weighted by molar-refractivity contribution is 5.30. The van der Waals surface area contributed by atoms with Crippen molar-refractivity contribution >= 4 is 0 Å². The van der Waals surface area contributed by atoms with Crippen LogP contribution in [-0.2, 0) is 6.54 Å². The lowest BCUT2D eigenvalue weighted by Gasteiger charge is -2.28. The molecule has 17 heavy (non-hydrogen) atoms. The first-order valence-electron chi connectivity index (χ1n) is 6.19. The highest BCUT2D eigenvalue weighted by Crippen LogP contribution is 2.18. The van der Waals surface area contributed by atoms with E-state index in [0.29, 0.717) is 0 Å². The van der Waals surface area contributed by atoms with Gasteiger partial charge in [-0.15, -0.1) is 0 Å². The summed E-state index contributed by atoms with van der Waals surface area (Å²) in [6.07, 6.45) is 0. The summed E-state index contributed by atoms with van der Waals surface area (Å²) in [6, 6.07) is 6.57. The average Bonchev–Trinajstić information content (AvgIpc) is 2.23. The van der Waals surface area contributed by atoms with Crippen molar-refractivity contribution in [3.05, 3.63) is 34.9 Å². The molecule has 0 fully saturated rings. The maximum atomic E-state index is 9.28. The molecule has 0 aliphatic rings. The van der Waals surface area contributed by atoms with Crippen LogP contribution in [0.4, 0.5) is 0 Å². The maximum absolute atomic E-state index is 9.28. The molecular weight excluding hydrogens is 210 g/mol. The molecular formula is C15H25NO. The maximum Gasteiger partial charge on any atom is 0.0494 e. The van der Waals surface area contributed by atoms with Crippen molar-refractivity contribution in [1.29, 1.82) is 0 Å². The minimum atomic E-state index is -0.0352. The third kappa shape index (κ3) is 4.49. The van der Waals surface area contributed by atoms with Crippen LogP contribution in [0, 0.1) is 19.3 Å². The van der Waals surface area contributed by atoms with Crippen LogP contribution in [-0.4, -0.2) is 30.2 Å². The van der Waals surface area contributed by atoms with E-state index >= 15 is 0 Å². The fourth-order valence-corrected chi connectivity index (χ4v) is 2.10. The van der Waals surface area contributed by atoms with Crippen LogP contribution in [0.1, 0.15) is 30.5 Å². The third-order valence-corrected chi connectivity index (χ3v) is 3.07. The fourth-order valence-electron chi connectivity index (χ4n) is 2.10. The van der Waals surface area contributed by atoms with Gasteiger partial charge in [-0.3, -0.25) is 0 Å². The van der Waals surface area contributed by atoms with Crippen molar-refractivity contribution in [1.82, 2.24) is 4.90 Å². The van der Waals surface area contributed by atoms with E-state index in [9.17, 15) is 5.11 Å². The Labute approximate surface area is 105 Å². The molecule has 0 saturated carbocycles. The Kier molecular flexibility index (Phi) is 4.72. The van der Waals surface area contributed by atoms with Gasteiger partial charge in [0.2, 0.25) is 0 Å². The Morgan fingerprint density at radius 2 is 1.88 bits per heavy atom. The van der Waals surface area contributed by atoms with Gasteiger partial charge in [-0.25, -0.2) is 0 Å². The van der Waals surface area contributed by atoms with Crippen molar-refractivity contribution in [3.8, 4) is 0 Å². The SMILES string of the molecule is Cc1ccc(C)c(CN(C)CC(C)(C)CO)c1. The molecule has 1 rings (SSSR count). The van der Waals surface area contributed by atoms with E-state index in [4.69, 9.17) is 0 Å². The number of rotatable bonds is 5. The number of aryl methyl sites for hydroxylation is 2. The normalized spacial score (nSPS) is 12.2. The van der Waals surface area contributed by atoms with Gasteiger partial charge in [0.05, 0.1) is 0 Å². The second kappa shape index (κ2) is 5.65. The minimum Gasteiger partial charge on any atom is -0.396 e. The van der Waals surface area contributed by atoms with Crippen molar-refractivity contribution in [2.24, 2.45) is 5.41 Å². The lowest BCUT2D eigenvalue weighted by molar-refractivity contribution is 0.112. The molecule has 2 heteroatoms. The molecule has 0 aliphatic heterocycles. The molecule has 96 valence electrons. The zero-order chi connectivity index (χ0) is 13.1. The number of nitrogens with zero attached hydrogens (tertiary/aromatic N) is 1. The number of hydrogen-bond acceptors (Lipinski definition) is 2. The van der Waals surface area contributed by atoms with E-state index < -0.39 is 0 Å². The monoisotopic (exact) mass is 235 g/mol. The minimum absolute atomic E-state index is 0.0352. The second-order valence-electron chi connectivity index (χ2n) is 5.92. The average molecular weight is 235 g/mol. The molecule has 2 nitrogen and oxygen atoms in total. The van der Waals surface area contributed by atoms with Crippen LogP contribution in [0.15, 0.2) is 18.2 Å². The van der Waals surface area contributed by atoms with Gasteiger partial charge in [0.25, 0.3) is 0 Å². The largest absolute Gasteiger partial charge is 0.396 e. The molecule has 0 radical (unpaired) electrons. The molecule has 0 aromatic heterocycles. The van der Waals surface area contributed by atoms with Crippen LogP contribution in [0.3, 0.4) is 0 Å². The number of aliphatic hydroxyl groups excluding tert-OH is 1. The molecule has 0 bridgehead atoms. The summed E-state index contributed by atoms with van der Waals surface area (Å²) in [4.78, 5) is 2.28. The van der Waals surface area contributed by atoms with Crippen LogP contribution in [0.25, 0.3) is 0 Å². The Morgan fingerprint density at radius 1 is 1.24 bits per heavy atom. The summed E-state index contributed by atoms with van der Waals surface area (Å²) < 4.78 is 0. The lowest BCUT2D eigenvalue weighted by atomic mass is 9.94. The smallest absolute Gasteiger partial charge is 0.0494 e. The predicted octanol–water partition coefficient (Wildman–Crippen LogP) is 2.75. The van der Waals surface area contributed by atoms with Crippen molar-refractivity contribution in [2.75, 3.05) is 20.2 Å². The standard InChI is InChI=1S/C15H25NO/c1-12-6-7-13(2)14(8-12)9-16(5)10-15(3,4)11-17/h6-8,17H,9-11H2,1-5H3. The second-order valence-corrected chi connectivity index (χ2v) is 5.92. The number of aliphatic hydroxyl groups is 1. The zero-order valence-corrected chi connectivity index (χ0v) is 11.7. The van der Waals surface area contributed by atoms with E-state index in [1.807, 2.05) is 0 Å². The van der Waals surface area contributed by atoms with Gasteiger partial charge in [-0.1, -0.05) is 37.6 Å². The Hall–Kier alpha value is -0.860. The molecule has 1 aromatic carbocycles. The van der Waals surface area contributed by atoms with E-state index in [0.717, 1.165) is 13.1 Å². The Bertz CT molecular complexity index is 371. The van der Waals surface area contributed by atoms with Crippen LogP contribution < -0.4 is 0 Å². The van der Waals surface area contributed by atoms with Crippen LogP contribution in [0.5, 0.6) is 0 Å². The van der Waals surface area contributed by atoms with Gasteiger partial charge in [0.15, 0.2) is 0 Å². The molecule has 1 aromatic rings. The quantitative estimate of drug-likeness (QED) is 0.848. The molecule has 1 N–H and O–H groups in total. The summed E-state index contributed by atoms with van der Waals surface area (Å²) in [7, 11) is 2.11. The lowest BCUT2D eigenvalue weighted by Crippen LogP contribution is -2.33. The molecule has 0 aliphatic carbocycles. The van der Waals surface area contributed by atoms with Gasteiger partial charge in [0.1, 0.15) is 0 Å². The molecule has 0 unspecified atom stereocenters. The van der Waals surface area contributed by atoms with Crippen molar-refractivity contribution < 1.29 is 5.11 Å². The van der Waals surface area contributed by atoms with Crippen LogP contribution in [0.2, 0.25) is 0 Å². The fraction of sp³-hybridized carbons (Fsp3) is 0.600.